The molecule has 2 saturated carbocycles. The van der Waals surface area contributed by atoms with Crippen LogP contribution < -0.4 is 0 Å². The van der Waals surface area contributed by atoms with Crippen molar-refractivity contribution in [2.45, 2.75) is 53.9 Å². The van der Waals surface area contributed by atoms with E-state index < -0.39 is 0 Å². The van der Waals surface area contributed by atoms with Gasteiger partial charge in [-0.15, -0.1) is 0 Å². The second-order valence-corrected chi connectivity index (χ2v) is 6.70. The Hall–Kier alpha value is 0. The van der Waals surface area contributed by atoms with E-state index in [0.29, 0.717) is 5.41 Å². The summed E-state index contributed by atoms with van der Waals surface area (Å²) in [6.07, 6.45) is 4.54. The van der Waals surface area contributed by atoms with E-state index in [9.17, 15) is 0 Å². The lowest BCUT2D eigenvalue weighted by Gasteiger charge is -2.04. The van der Waals surface area contributed by atoms with Crippen molar-refractivity contribution < 1.29 is 0 Å². The summed E-state index contributed by atoms with van der Waals surface area (Å²) in [5, 5.41) is 0. The highest BCUT2D eigenvalue weighted by Crippen LogP contribution is 2.61. The van der Waals surface area contributed by atoms with Crippen molar-refractivity contribution in [2.24, 2.45) is 35.0 Å². The lowest BCUT2D eigenvalue weighted by atomic mass is 10.0. The molecule has 0 amide bonds. The molecule has 0 radical (unpaired) electrons. The Morgan fingerprint density at radius 3 is 2.14 bits per heavy atom. The third-order valence-electron chi connectivity index (χ3n) is 5.31. The number of hydrogen-bond acceptors (Lipinski definition) is 0. The van der Waals surface area contributed by atoms with Crippen LogP contribution in [0.15, 0.2) is 0 Å². The molecule has 2 fully saturated rings. The van der Waals surface area contributed by atoms with E-state index >= 15 is 0 Å². The molecule has 2 aliphatic rings. The Balaban J connectivity index is 1.67. The zero-order valence-electron chi connectivity index (χ0n) is 10.5. The molecule has 2 aliphatic carbocycles. The summed E-state index contributed by atoms with van der Waals surface area (Å²) in [5.41, 5.74) is 0.669. The third kappa shape index (κ3) is 1.73. The lowest BCUT2D eigenvalue weighted by Crippen LogP contribution is -1.95. The summed E-state index contributed by atoms with van der Waals surface area (Å²) in [7, 11) is 0. The van der Waals surface area contributed by atoms with Gasteiger partial charge in [-0.25, -0.2) is 0 Å². The minimum atomic E-state index is 0.669. The molecule has 0 spiro atoms. The van der Waals surface area contributed by atoms with Crippen LogP contribution in [0.5, 0.6) is 0 Å². The van der Waals surface area contributed by atoms with Crippen molar-refractivity contribution in [1.29, 1.82) is 0 Å². The second-order valence-electron chi connectivity index (χ2n) is 6.70. The fourth-order valence-corrected chi connectivity index (χ4v) is 3.45. The van der Waals surface area contributed by atoms with Gasteiger partial charge in [0.05, 0.1) is 0 Å². The van der Waals surface area contributed by atoms with Crippen LogP contribution in [-0.4, -0.2) is 0 Å². The van der Waals surface area contributed by atoms with Gasteiger partial charge in [-0.3, -0.25) is 0 Å². The minimum absolute atomic E-state index is 0.669. The van der Waals surface area contributed by atoms with Gasteiger partial charge in [-0.05, 0) is 54.3 Å². The second kappa shape index (κ2) is 3.25. The van der Waals surface area contributed by atoms with Gasteiger partial charge in [0.2, 0.25) is 0 Å². The highest BCUT2D eigenvalue weighted by atomic mass is 14.6. The predicted octanol–water partition coefficient (Wildman–Crippen LogP) is 4.35. The van der Waals surface area contributed by atoms with Gasteiger partial charge in [0, 0.05) is 0 Å². The van der Waals surface area contributed by atoms with E-state index in [-0.39, 0.29) is 0 Å². The Labute approximate surface area is 89.5 Å². The maximum absolute atomic E-state index is 2.44. The topological polar surface area (TPSA) is 0 Å². The Morgan fingerprint density at radius 2 is 1.79 bits per heavy atom. The monoisotopic (exact) mass is 194 g/mol. The van der Waals surface area contributed by atoms with Crippen LogP contribution in [-0.2, 0) is 0 Å². The van der Waals surface area contributed by atoms with E-state index in [1.54, 1.807) is 0 Å². The normalized spacial score (nSPS) is 44.1. The summed E-state index contributed by atoms with van der Waals surface area (Å²) < 4.78 is 0. The zero-order chi connectivity index (χ0) is 10.5. The van der Waals surface area contributed by atoms with Crippen LogP contribution in [0, 0.1) is 35.0 Å². The Morgan fingerprint density at radius 1 is 1.21 bits per heavy atom. The van der Waals surface area contributed by atoms with Gasteiger partial charge < -0.3 is 0 Å². The van der Waals surface area contributed by atoms with E-state index in [1.807, 2.05) is 0 Å². The highest BCUT2D eigenvalue weighted by Gasteiger charge is 2.54. The average molecular weight is 194 g/mol. The molecule has 82 valence electrons. The van der Waals surface area contributed by atoms with Gasteiger partial charge in [-0.1, -0.05) is 34.6 Å². The van der Waals surface area contributed by atoms with Crippen LogP contribution in [0.2, 0.25) is 0 Å². The first-order chi connectivity index (χ1) is 6.44. The molecule has 0 N–H and O–H groups in total. The smallest absolute Gasteiger partial charge is 0.0295 e. The van der Waals surface area contributed by atoms with Gasteiger partial charge in [-0.2, -0.15) is 0 Å². The molecular weight excluding hydrogens is 168 g/mol. The molecule has 4 unspecified atom stereocenters. The van der Waals surface area contributed by atoms with Crippen molar-refractivity contribution in [3.8, 4) is 0 Å². The van der Waals surface area contributed by atoms with Gasteiger partial charge >= 0.3 is 0 Å². The van der Waals surface area contributed by atoms with E-state index in [4.69, 9.17) is 0 Å². The van der Waals surface area contributed by atoms with Crippen molar-refractivity contribution in [2.75, 3.05) is 0 Å². The van der Waals surface area contributed by atoms with E-state index in [2.05, 4.69) is 34.6 Å². The molecule has 0 heteroatoms. The van der Waals surface area contributed by atoms with Crippen molar-refractivity contribution >= 4 is 0 Å². The van der Waals surface area contributed by atoms with Crippen molar-refractivity contribution in [3.63, 3.8) is 0 Å². The standard InChI is InChI=1S/C14H26/c1-9(2)12-8-11(12)6-7-13-10(3)14(13,4)5/h9-13H,6-8H2,1-5H3. The van der Waals surface area contributed by atoms with Gasteiger partial charge in [0.1, 0.15) is 0 Å². The fourth-order valence-electron chi connectivity index (χ4n) is 3.45. The first-order valence-electron chi connectivity index (χ1n) is 6.44. The average Bonchev–Trinajstić information content (AvgIpc) is 2.91. The molecule has 0 aromatic heterocycles. The first-order valence-corrected chi connectivity index (χ1v) is 6.44. The molecular formula is C14H26. The lowest BCUT2D eigenvalue weighted by molar-refractivity contribution is 0.459. The van der Waals surface area contributed by atoms with E-state index in [1.165, 1.54) is 19.3 Å². The van der Waals surface area contributed by atoms with Gasteiger partial charge in [0.25, 0.3) is 0 Å². The highest BCUT2D eigenvalue weighted by molar-refractivity contribution is 5.03. The van der Waals surface area contributed by atoms with Crippen LogP contribution >= 0.6 is 0 Å². The maximum atomic E-state index is 2.44. The largest absolute Gasteiger partial charge is 0.0625 e. The minimum Gasteiger partial charge on any atom is -0.0625 e. The predicted molar refractivity (Wildman–Crippen MR) is 62.1 cm³/mol. The summed E-state index contributed by atoms with van der Waals surface area (Å²) in [6, 6.07) is 0. The molecule has 0 aromatic rings. The molecule has 0 heterocycles. The van der Waals surface area contributed by atoms with Crippen LogP contribution in [0.1, 0.15) is 53.9 Å². The zero-order valence-corrected chi connectivity index (χ0v) is 10.5. The van der Waals surface area contributed by atoms with Crippen LogP contribution in [0.3, 0.4) is 0 Å². The molecule has 0 bridgehead atoms. The molecule has 0 aromatic carbocycles. The quantitative estimate of drug-likeness (QED) is 0.624. The molecule has 14 heavy (non-hydrogen) atoms. The summed E-state index contributed by atoms with van der Waals surface area (Å²) >= 11 is 0. The Bertz CT molecular complexity index is 214. The van der Waals surface area contributed by atoms with E-state index in [0.717, 1.165) is 29.6 Å². The first kappa shape index (κ1) is 10.5. The Kier molecular flexibility index (Phi) is 2.44. The van der Waals surface area contributed by atoms with Crippen molar-refractivity contribution in [3.05, 3.63) is 0 Å². The fraction of sp³-hybridized carbons (Fsp3) is 1.00. The summed E-state index contributed by atoms with van der Waals surface area (Å²) in [6.45, 7) is 12.1. The van der Waals surface area contributed by atoms with Gasteiger partial charge in [0.15, 0.2) is 0 Å². The molecule has 0 aliphatic heterocycles. The SMILES string of the molecule is CC(C)C1CC1CCC1C(C)C1(C)C. The van der Waals surface area contributed by atoms with Crippen LogP contribution in [0.25, 0.3) is 0 Å². The summed E-state index contributed by atoms with van der Waals surface area (Å²) in [5.74, 6) is 5.13. The summed E-state index contributed by atoms with van der Waals surface area (Å²) in [4.78, 5) is 0. The number of hydrogen-bond donors (Lipinski definition) is 0. The molecule has 0 saturated heterocycles. The van der Waals surface area contributed by atoms with Crippen LogP contribution in [0.4, 0.5) is 0 Å². The maximum Gasteiger partial charge on any atom is -0.0295 e. The van der Waals surface area contributed by atoms with Crippen molar-refractivity contribution in [1.82, 2.24) is 0 Å². The molecule has 4 atom stereocenters. The molecule has 0 nitrogen and oxygen atoms in total. The third-order valence-corrected chi connectivity index (χ3v) is 5.31. The molecule has 2 rings (SSSR count). The number of rotatable bonds is 4.